The minimum absolute atomic E-state index is 0.869. The van der Waals surface area contributed by atoms with E-state index in [-0.39, 0.29) is 0 Å². The van der Waals surface area contributed by atoms with Crippen LogP contribution in [0, 0.1) is 13.8 Å². The first-order valence-electron chi connectivity index (χ1n) is 5.68. The highest BCUT2D eigenvalue weighted by Crippen LogP contribution is 2.31. The highest BCUT2D eigenvalue weighted by Gasteiger charge is 2.06. The lowest BCUT2D eigenvalue weighted by Crippen LogP contribution is -1.98. The van der Waals surface area contributed by atoms with Gasteiger partial charge in [-0.3, -0.25) is 0 Å². The topological polar surface area (TPSA) is 21.3 Å². The molecule has 88 valence electrons. The normalized spacial score (nSPS) is 10.1. The lowest BCUT2D eigenvalue weighted by atomic mass is 10.1. The number of nitrogens with one attached hydrogen (secondary N) is 1. The van der Waals surface area contributed by atoms with Crippen molar-refractivity contribution >= 4 is 11.4 Å². The van der Waals surface area contributed by atoms with Crippen LogP contribution in [-0.4, -0.2) is 7.11 Å². The van der Waals surface area contributed by atoms with Gasteiger partial charge >= 0.3 is 0 Å². The predicted molar refractivity (Wildman–Crippen MR) is 72.2 cm³/mol. The quantitative estimate of drug-likeness (QED) is 0.853. The Bertz CT molecular complexity index is 520. The van der Waals surface area contributed by atoms with Crippen molar-refractivity contribution in [1.29, 1.82) is 0 Å². The predicted octanol–water partition coefficient (Wildman–Crippen LogP) is 4.06. The monoisotopic (exact) mass is 227 g/mol. The van der Waals surface area contributed by atoms with Gasteiger partial charge in [-0.25, -0.2) is 0 Å². The maximum atomic E-state index is 5.38. The highest BCUT2D eigenvalue weighted by atomic mass is 16.5. The Morgan fingerprint density at radius 3 is 2.29 bits per heavy atom. The molecule has 0 unspecified atom stereocenters. The molecule has 0 fully saturated rings. The minimum atomic E-state index is 0.869. The maximum Gasteiger partial charge on any atom is 0.142 e. The first-order valence-corrected chi connectivity index (χ1v) is 5.68. The van der Waals surface area contributed by atoms with Crippen LogP contribution in [0.3, 0.4) is 0 Å². The molecule has 0 spiro atoms. The molecule has 0 amide bonds. The third-order valence-corrected chi connectivity index (χ3v) is 2.86. The summed E-state index contributed by atoms with van der Waals surface area (Å²) in [4.78, 5) is 0. The van der Waals surface area contributed by atoms with Gasteiger partial charge in [0, 0.05) is 5.69 Å². The minimum Gasteiger partial charge on any atom is -0.495 e. The maximum absolute atomic E-state index is 5.38. The number of methoxy groups -OCH3 is 1. The Balaban J connectivity index is 2.39. The van der Waals surface area contributed by atoms with Gasteiger partial charge in [-0.2, -0.15) is 0 Å². The Labute approximate surface area is 102 Å². The van der Waals surface area contributed by atoms with E-state index >= 15 is 0 Å². The Hall–Kier alpha value is -1.96. The van der Waals surface area contributed by atoms with Crippen LogP contribution in [0.4, 0.5) is 11.4 Å². The van der Waals surface area contributed by atoms with Crippen molar-refractivity contribution in [2.24, 2.45) is 0 Å². The third-order valence-electron chi connectivity index (χ3n) is 2.86. The smallest absolute Gasteiger partial charge is 0.142 e. The van der Waals surface area contributed by atoms with E-state index in [1.54, 1.807) is 7.11 Å². The van der Waals surface area contributed by atoms with E-state index in [9.17, 15) is 0 Å². The largest absolute Gasteiger partial charge is 0.495 e. The van der Waals surface area contributed by atoms with E-state index in [0.29, 0.717) is 0 Å². The molecule has 0 aliphatic carbocycles. The molecular formula is C15H17NO. The van der Waals surface area contributed by atoms with E-state index in [2.05, 4.69) is 37.4 Å². The van der Waals surface area contributed by atoms with Crippen LogP contribution in [0.15, 0.2) is 42.5 Å². The van der Waals surface area contributed by atoms with Crippen LogP contribution >= 0.6 is 0 Å². The number of anilines is 2. The summed E-state index contributed by atoms with van der Waals surface area (Å²) in [6, 6.07) is 14.3. The molecule has 0 bridgehead atoms. The van der Waals surface area contributed by atoms with Crippen molar-refractivity contribution in [3.05, 3.63) is 53.6 Å². The van der Waals surface area contributed by atoms with Gasteiger partial charge in [0.2, 0.25) is 0 Å². The summed E-state index contributed by atoms with van der Waals surface area (Å²) in [7, 11) is 1.69. The third kappa shape index (κ3) is 2.41. The average Bonchev–Trinajstić information content (AvgIpc) is 2.34. The summed E-state index contributed by atoms with van der Waals surface area (Å²) in [5, 5.41) is 3.44. The Kier molecular flexibility index (Phi) is 3.33. The van der Waals surface area contributed by atoms with Gasteiger partial charge in [0.15, 0.2) is 0 Å². The van der Waals surface area contributed by atoms with Crippen molar-refractivity contribution in [3.8, 4) is 5.75 Å². The second-order valence-corrected chi connectivity index (χ2v) is 4.09. The second kappa shape index (κ2) is 4.91. The summed E-state index contributed by atoms with van der Waals surface area (Å²) < 4.78 is 5.38. The molecule has 1 N–H and O–H groups in total. The van der Waals surface area contributed by atoms with Gasteiger partial charge in [-0.1, -0.05) is 30.3 Å². The molecule has 0 aliphatic heterocycles. The molecular weight excluding hydrogens is 210 g/mol. The van der Waals surface area contributed by atoms with Gasteiger partial charge < -0.3 is 10.1 Å². The molecule has 0 radical (unpaired) electrons. The fourth-order valence-corrected chi connectivity index (χ4v) is 1.82. The lowest BCUT2D eigenvalue weighted by Gasteiger charge is -2.15. The molecule has 0 saturated heterocycles. The molecule has 2 aromatic rings. The van der Waals surface area contributed by atoms with Crippen molar-refractivity contribution in [3.63, 3.8) is 0 Å². The fourth-order valence-electron chi connectivity index (χ4n) is 1.82. The zero-order valence-electron chi connectivity index (χ0n) is 10.4. The van der Waals surface area contributed by atoms with Crippen LogP contribution in [0.1, 0.15) is 11.1 Å². The fraction of sp³-hybridized carbons (Fsp3) is 0.200. The molecule has 2 aromatic carbocycles. The van der Waals surface area contributed by atoms with Crippen LogP contribution in [0.25, 0.3) is 0 Å². The van der Waals surface area contributed by atoms with Gasteiger partial charge in [-0.05, 0) is 37.1 Å². The number of rotatable bonds is 3. The van der Waals surface area contributed by atoms with Crippen molar-refractivity contribution < 1.29 is 4.74 Å². The van der Waals surface area contributed by atoms with E-state index < -0.39 is 0 Å². The average molecular weight is 227 g/mol. The molecule has 0 atom stereocenters. The summed E-state index contributed by atoms with van der Waals surface area (Å²) in [6.45, 7) is 4.16. The van der Waals surface area contributed by atoms with Crippen molar-refractivity contribution in [2.45, 2.75) is 13.8 Å². The zero-order valence-corrected chi connectivity index (χ0v) is 10.4. The summed E-state index contributed by atoms with van der Waals surface area (Å²) >= 11 is 0. The van der Waals surface area contributed by atoms with Crippen LogP contribution in [-0.2, 0) is 0 Å². The highest BCUT2D eigenvalue weighted by molar-refractivity contribution is 5.71. The van der Waals surface area contributed by atoms with Crippen LogP contribution in [0.2, 0.25) is 0 Å². The van der Waals surface area contributed by atoms with Gasteiger partial charge in [-0.15, -0.1) is 0 Å². The van der Waals surface area contributed by atoms with E-state index in [0.717, 1.165) is 17.1 Å². The van der Waals surface area contributed by atoms with E-state index in [1.807, 2.05) is 24.3 Å². The molecule has 17 heavy (non-hydrogen) atoms. The van der Waals surface area contributed by atoms with Gasteiger partial charge in [0.1, 0.15) is 5.75 Å². The SMILES string of the molecule is COc1cccc(C)c1Nc1ccccc1C. The van der Waals surface area contributed by atoms with E-state index in [4.69, 9.17) is 4.74 Å². The number of hydrogen-bond donors (Lipinski definition) is 1. The van der Waals surface area contributed by atoms with Gasteiger partial charge in [0.05, 0.1) is 12.8 Å². The number of benzene rings is 2. The first kappa shape index (κ1) is 11.5. The van der Waals surface area contributed by atoms with Crippen LogP contribution in [0.5, 0.6) is 5.75 Å². The summed E-state index contributed by atoms with van der Waals surface area (Å²) in [5.74, 6) is 0.869. The van der Waals surface area contributed by atoms with Crippen molar-refractivity contribution in [2.75, 3.05) is 12.4 Å². The standard InChI is InChI=1S/C15H17NO/c1-11-7-4-5-9-13(11)16-15-12(2)8-6-10-14(15)17-3/h4-10,16H,1-3H3. The molecule has 2 nitrogen and oxygen atoms in total. The molecule has 0 saturated carbocycles. The number of hydrogen-bond acceptors (Lipinski definition) is 2. The molecule has 2 rings (SSSR count). The molecule has 0 heterocycles. The van der Waals surface area contributed by atoms with Crippen molar-refractivity contribution in [1.82, 2.24) is 0 Å². The summed E-state index contributed by atoms with van der Waals surface area (Å²) in [5.41, 5.74) is 4.54. The number of ether oxygens (including phenoxy) is 1. The van der Waals surface area contributed by atoms with Crippen LogP contribution < -0.4 is 10.1 Å². The molecule has 2 heteroatoms. The van der Waals surface area contributed by atoms with Gasteiger partial charge in [0.25, 0.3) is 0 Å². The molecule has 0 aliphatic rings. The molecule has 0 aromatic heterocycles. The Morgan fingerprint density at radius 1 is 0.882 bits per heavy atom. The lowest BCUT2D eigenvalue weighted by molar-refractivity contribution is 0.416. The summed E-state index contributed by atoms with van der Waals surface area (Å²) in [6.07, 6.45) is 0. The number of para-hydroxylation sites is 2. The van der Waals surface area contributed by atoms with E-state index in [1.165, 1.54) is 11.1 Å². The first-order chi connectivity index (χ1) is 8.22. The second-order valence-electron chi connectivity index (χ2n) is 4.09. The zero-order chi connectivity index (χ0) is 12.3. The number of aryl methyl sites for hydroxylation is 2. The Morgan fingerprint density at radius 2 is 1.59 bits per heavy atom.